The number of esters is 1. The zero-order valence-corrected chi connectivity index (χ0v) is 9.23. The molecule has 0 radical (unpaired) electrons. The van der Waals surface area contributed by atoms with E-state index in [0.29, 0.717) is 17.7 Å². The molecule has 0 amide bonds. The molecule has 86 valence electrons. The van der Waals surface area contributed by atoms with E-state index in [-0.39, 0.29) is 11.5 Å². The molecule has 0 heterocycles. The second kappa shape index (κ2) is 5.21. The van der Waals surface area contributed by atoms with E-state index in [1.165, 1.54) is 12.1 Å². The van der Waals surface area contributed by atoms with Crippen molar-refractivity contribution < 1.29 is 19.7 Å². The third-order valence-corrected chi connectivity index (χ3v) is 1.98. The van der Waals surface area contributed by atoms with Crippen molar-refractivity contribution >= 4 is 12.0 Å². The number of hydrogen-bond acceptors (Lipinski definition) is 4. The van der Waals surface area contributed by atoms with E-state index in [1.807, 2.05) is 0 Å². The predicted octanol–water partition coefficient (Wildman–Crippen LogP) is 2.06. The fourth-order valence-corrected chi connectivity index (χ4v) is 1.18. The molecule has 0 atom stereocenters. The van der Waals surface area contributed by atoms with Crippen LogP contribution in [-0.4, -0.2) is 22.8 Å². The van der Waals surface area contributed by atoms with Crippen molar-refractivity contribution in [2.75, 3.05) is 6.61 Å². The number of aromatic hydroxyl groups is 2. The first-order chi connectivity index (χ1) is 7.54. The monoisotopic (exact) mass is 222 g/mol. The number of carbonyl (C=O) groups is 1. The van der Waals surface area contributed by atoms with Crippen molar-refractivity contribution in [1.82, 2.24) is 0 Å². The number of rotatable bonds is 3. The molecule has 4 nitrogen and oxygen atoms in total. The van der Waals surface area contributed by atoms with Crippen LogP contribution < -0.4 is 0 Å². The zero-order valence-electron chi connectivity index (χ0n) is 9.23. The molecule has 0 aliphatic carbocycles. The van der Waals surface area contributed by atoms with E-state index < -0.39 is 5.97 Å². The van der Waals surface area contributed by atoms with E-state index in [2.05, 4.69) is 0 Å². The van der Waals surface area contributed by atoms with Gasteiger partial charge in [0, 0.05) is 5.57 Å². The van der Waals surface area contributed by atoms with Crippen LogP contribution in [0.15, 0.2) is 23.8 Å². The third-order valence-electron chi connectivity index (χ3n) is 1.98. The molecule has 0 aliphatic rings. The molecule has 0 aliphatic heterocycles. The van der Waals surface area contributed by atoms with Gasteiger partial charge < -0.3 is 14.9 Å². The summed E-state index contributed by atoms with van der Waals surface area (Å²) in [6, 6.07) is 4.33. The average Bonchev–Trinajstić information content (AvgIpc) is 2.24. The van der Waals surface area contributed by atoms with Crippen LogP contribution in [-0.2, 0) is 9.53 Å². The van der Waals surface area contributed by atoms with Gasteiger partial charge in [0.1, 0.15) is 0 Å². The molecule has 2 N–H and O–H groups in total. The molecule has 1 aromatic rings. The van der Waals surface area contributed by atoms with Crippen molar-refractivity contribution in [2.24, 2.45) is 0 Å². The van der Waals surface area contributed by atoms with Gasteiger partial charge in [0.05, 0.1) is 6.61 Å². The summed E-state index contributed by atoms with van der Waals surface area (Å²) >= 11 is 0. The van der Waals surface area contributed by atoms with Gasteiger partial charge in [-0.2, -0.15) is 0 Å². The first-order valence-electron chi connectivity index (χ1n) is 4.92. The standard InChI is InChI=1S/C12H14O4/c1-3-16-12(15)8(2)6-9-4-5-10(13)11(14)7-9/h4-7,13-14H,3H2,1-2H3. The number of phenolic OH excluding ortho intramolecular Hbond substituents is 2. The van der Waals surface area contributed by atoms with E-state index in [4.69, 9.17) is 9.84 Å². The lowest BCUT2D eigenvalue weighted by Crippen LogP contribution is -2.04. The van der Waals surface area contributed by atoms with Gasteiger partial charge in [0.25, 0.3) is 0 Å². The number of phenols is 2. The summed E-state index contributed by atoms with van der Waals surface area (Å²) in [4.78, 5) is 11.3. The summed E-state index contributed by atoms with van der Waals surface area (Å²) in [5.74, 6) is -0.800. The van der Waals surface area contributed by atoms with E-state index in [9.17, 15) is 9.90 Å². The van der Waals surface area contributed by atoms with Crippen molar-refractivity contribution in [3.8, 4) is 11.5 Å². The molecule has 0 saturated heterocycles. The van der Waals surface area contributed by atoms with Crippen LogP contribution in [0.3, 0.4) is 0 Å². The third kappa shape index (κ3) is 3.02. The van der Waals surface area contributed by atoms with Gasteiger partial charge in [0.15, 0.2) is 11.5 Å². The molecule has 16 heavy (non-hydrogen) atoms. The van der Waals surface area contributed by atoms with Gasteiger partial charge >= 0.3 is 5.97 Å². The fourth-order valence-electron chi connectivity index (χ4n) is 1.18. The smallest absolute Gasteiger partial charge is 0.333 e. The van der Waals surface area contributed by atoms with Crippen LogP contribution in [0.5, 0.6) is 11.5 Å². The highest BCUT2D eigenvalue weighted by atomic mass is 16.5. The van der Waals surface area contributed by atoms with Gasteiger partial charge in [-0.15, -0.1) is 0 Å². The predicted molar refractivity (Wildman–Crippen MR) is 60.1 cm³/mol. The summed E-state index contributed by atoms with van der Waals surface area (Å²) in [6.45, 7) is 3.68. The van der Waals surface area contributed by atoms with Gasteiger partial charge in [-0.1, -0.05) is 6.07 Å². The van der Waals surface area contributed by atoms with Crippen LogP contribution in [0.1, 0.15) is 19.4 Å². The fraction of sp³-hybridized carbons (Fsp3) is 0.250. The van der Waals surface area contributed by atoms with Crippen LogP contribution >= 0.6 is 0 Å². The Balaban J connectivity index is 2.89. The lowest BCUT2D eigenvalue weighted by molar-refractivity contribution is -0.138. The average molecular weight is 222 g/mol. The molecule has 0 saturated carbocycles. The molecule has 0 bridgehead atoms. The number of ether oxygens (including phenoxy) is 1. The topological polar surface area (TPSA) is 66.8 Å². The number of hydrogen-bond donors (Lipinski definition) is 2. The van der Waals surface area contributed by atoms with Crippen molar-refractivity contribution in [3.05, 3.63) is 29.3 Å². The van der Waals surface area contributed by atoms with Crippen LogP contribution in [0.4, 0.5) is 0 Å². The minimum atomic E-state index is -0.393. The maximum Gasteiger partial charge on any atom is 0.333 e. The summed E-state index contributed by atoms with van der Waals surface area (Å²) in [7, 11) is 0. The highest BCUT2D eigenvalue weighted by Crippen LogP contribution is 2.25. The van der Waals surface area contributed by atoms with Crippen LogP contribution in [0.2, 0.25) is 0 Å². The number of carbonyl (C=O) groups excluding carboxylic acids is 1. The van der Waals surface area contributed by atoms with E-state index in [1.54, 1.807) is 26.0 Å². The van der Waals surface area contributed by atoms with Gasteiger partial charge in [-0.3, -0.25) is 0 Å². The highest BCUT2D eigenvalue weighted by Gasteiger charge is 2.05. The Morgan fingerprint density at radius 3 is 2.62 bits per heavy atom. The molecule has 0 spiro atoms. The molecular weight excluding hydrogens is 208 g/mol. The van der Waals surface area contributed by atoms with Crippen LogP contribution in [0.25, 0.3) is 6.08 Å². The van der Waals surface area contributed by atoms with Gasteiger partial charge in [0.2, 0.25) is 0 Å². The van der Waals surface area contributed by atoms with Crippen molar-refractivity contribution in [3.63, 3.8) is 0 Å². The molecule has 0 aromatic heterocycles. The molecule has 0 fully saturated rings. The normalized spacial score (nSPS) is 11.2. The first kappa shape index (κ1) is 12.1. The SMILES string of the molecule is CCOC(=O)C(C)=Cc1ccc(O)c(O)c1. The zero-order chi connectivity index (χ0) is 12.1. The van der Waals surface area contributed by atoms with Gasteiger partial charge in [-0.25, -0.2) is 4.79 Å². The summed E-state index contributed by atoms with van der Waals surface area (Å²) in [5.41, 5.74) is 1.06. The Morgan fingerprint density at radius 2 is 2.06 bits per heavy atom. The lowest BCUT2D eigenvalue weighted by atomic mass is 10.1. The first-order valence-corrected chi connectivity index (χ1v) is 4.92. The summed E-state index contributed by atoms with van der Waals surface area (Å²) in [5, 5.41) is 18.4. The van der Waals surface area contributed by atoms with Gasteiger partial charge in [-0.05, 0) is 37.6 Å². The summed E-state index contributed by atoms with van der Waals surface area (Å²) < 4.78 is 4.81. The molecule has 1 rings (SSSR count). The van der Waals surface area contributed by atoms with Crippen molar-refractivity contribution in [1.29, 1.82) is 0 Å². The molecular formula is C12H14O4. The van der Waals surface area contributed by atoms with Crippen LogP contribution in [0, 0.1) is 0 Å². The minimum absolute atomic E-state index is 0.189. The maximum atomic E-state index is 11.3. The Labute approximate surface area is 93.8 Å². The Morgan fingerprint density at radius 1 is 1.38 bits per heavy atom. The Kier molecular flexibility index (Phi) is 3.94. The highest BCUT2D eigenvalue weighted by molar-refractivity contribution is 5.93. The Hall–Kier alpha value is -1.97. The number of benzene rings is 1. The maximum absolute atomic E-state index is 11.3. The minimum Gasteiger partial charge on any atom is -0.504 e. The van der Waals surface area contributed by atoms with E-state index >= 15 is 0 Å². The second-order valence-electron chi connectivity index (χ2n) is 3.30. The van der Waals surface area contributed by atoms with E-state index in [0.717, 1.165) is 0 Å². The Bertz CT molecular complexity index is 421. The molecule has 4 heteroatoms. The molecule has 0 unspecified atom stereocenters. The second-order valence-corrected chi connectivity index (χ2v) is 3.30. The summed E-state index contributed by atoms with van der Waals surface area (Å²) in [6.07, 6.45) is 1.58. The quantitative estimate of drug-likeness (QED) is 0.466. The largest absolute Gasteiger partial charge is 0.504 e. The van der Waals surface area contributed by atoms with Crippen molar-refractivity contribution in [2.45, 2.75) is 13.8 Å². The molecule has 1 aromatic carbocycles. The lowest BCUT2D eigenvalue weighted by Gasteiger charge is -2.02.